The molecule has 0 aromatic heterocycles. The fourth-order valence-corrected chi connectivity index (χ4v) is 3.56. The third kappa shape index (κ3) is 12.0. The van der Waals surface area contributed by atoms with Crippen molar-refractivity contribution in [3.8, 4) is 0 Å². The summed E-state index contributed by atoms with van der Waals surface area (Å²) in [5, 5.41) is 26.9. The van der Waals surface area contributed by atoms with Gasteiger partial charge >= 0.3 is 5.97 Å². The number of nitrogens with zero attached hydrogens (tertiary/aromatic N) is 1. The lowest BCUT2D eigenvalue weighted by atomic mass is 10.0. The smallest absolute Gasteiger partial charge is 0.326 e. The molecule has 1 aromatic carbocycles. The van der Waals surface area contributed by atoms with Crippen molar-refractivity contribution in [2.75, 3.05) is 6.54 Å². The van der Waals surface area contributed by atoms with Gasteiger partial charge in [0, 0.05) is 13.0 Å². The molecule has 5 unspecified atom stereocenters. The normalized spacial score (nSPS) is 14.9. The van der Waals surface area contributed by atoms with E-state index in [0.29, 0.717) is 6.42 Å². The number of benzene rings is 1. The van der Waals surface area contributed by atoms with Crippen molar-refractivity contribution in [2.24, 2.45) is 28.1 Å². The van der Waals surface area contributed by atoms with E-state index in [4.69, 9.17) is 17.2 Å². The summed E-state index contributed by atoms with van der Waals surface area (Å²) in [6.07, 6.45) is -0.468. The van der Waals surface area contributed by atoms with Crippen LogP contribution < -0.4 is 33.2 Å². The molecule has 0 saturated heterocycles. The summed E-state index contributed by atoms with van der Waals surface area (Å²) in [5.41, 5.74) is 17.1. The number of hydrogen-bond donors (Lipinski definition) is 8. The Labute approximate surface area is 222 Å². The van der Waals surface area contributed by atoms with Gasteiger partial charge in [-0.05, 0) is 37.7 Å². The van der Waals surface area contributed by atoms with Crippen LogP contribution in [0.15, 0.2) is 35.3 Å². The molecule has 1 aromatic rings. The number of carboxylic acids is 1. The van der Waals surface area contributed by atoms with Crippen molar-refractivity contribution < 1.29 is 29.4 Å². The van der Waals surface area contributed by atoms with Crippen molar-refractivity contribution in [2.45, 2.75) is 76.7 Å². The number of carboxylic acid groups (broad SMARTS) is 1. The Morgan fingerprint density at radius 2 is 1.45 bits per heavy atom. The fourth-order valence-electron chi connectivity index (χ4n) is 3.56. The van der Waals surface area contributed by atoms with E-state index in [0.717, 1.165) is 5.56 Å². The van der Waals surface area contributed by atoms with E-state index >= 15 is 0 Å². The van der Waals surface area contributed by atoms with Crippen LogP contribution in [-0.4, -0.2) is 76.7 Å². The number of rotatable bonds is 16. The van der Waals surface area contributed by atoms with Gasteiger partial charge in [0.05, 0.1) is 6.10 Å². The average molecular weight is 536 g/mol. The maximum absolute atomic E-state index is 13.3. The summed E-state index contributed by atoms with van der Waals surface area (Å²) >= 11 is 0. The van der Waals surface area contributed by atoms with E-state index in [1.165, 1.54) is 6.92 Å². The van der Waals surface area contributed by atoms with Crippen LogP contribution in [0.4, 0.5) is 0 Å². The second-order valence-electron chi connectivity index (χ2n) is 9.56. The Hall–Kier alpha value is -3.71. The molecule has 13 heteroatoms. The van der Waals surface area contributed by atoms with Crippen LogP contribution in [0.1, 0.15) is 45.6 Å². The highest BCUT2D eigenvalue weighted by molar-refractivity contribution is 5.94. The maximum atomic E-state index is 13.3. The van der Waals surface area contributed by atoms with Gasteiger partial charge in [0.25, 0.3) is 0 Å². The Bertz CT molecular complexity index is 951. The highest BCUT2D eigenvalue weighted by atomic mass is 16.4. The number of carbonyl (C=O) groups excluding carboxylic acids is 3. The van der Waals surface area contributed by atoms with Crippen LogP contribution in [0.5, 0.6) is 0 Å². The first-order chi connectivity index (χ1) is 17.8. The molecule has 38 heavy (non-hydrogen) atoms. The number of guanidine groups is 1. The third-order valence-corrected chi connectivity index (χ3v) is 5.64. The highest BCUT2D eigenvalue weighted by Gasteiger charge is 2.31. The van der Waals surface area contributed by atoms with Crippen LogP contribution in [0.25, 0.3) is 0 Å². The van der Waals surface area contributed by atoms with Gasteiger partial charge in [-0.1, -0.05) is 44.2 Å². The maximum Gasteiger partial charge on any atom is 0.326 e. The fraction of sp³-hybridized carbons (Fsp3) is 0.560. The number of nitrogens with one attached hydrogen (secondary N) is 3. The molecule has 0 fully saturated rings. The van der Waals surface area contributed by atoms with Crippen molar-refractivity contribution in [3.05, 3.63) is 35.9 Å². The zero-order valence-corrected chi connectivity index (χ0v) is 22.1. The van der Waals surface area contributed by atoms with E-state index in [-0.39, 0.29) is 37.7 Å². The van der Waals surface area contributed by atoms with Crippen molar-refractivity contribution in [1.82, 2.24) is 16.0 Å². The van der Waals surface area contributed by atoms with Gasteiger partial charge in [-0.15, -0.1) is 0 Å². The first-order valence-electron chi connectivity index (χ1n) is 12.5. The summed E-state index contributed by atoms with van der Waals surface area (Å²) in [5.74, 6) is -3.43. The van der Waals surface area contributed by atoms with Crippen LogP contribution in [0.3, 0.4) is 0 Å². The highest BCUT2D eigenvalue weighted by Crippen LogP contribution is 2.09. The molecule has 212 valence electrons. The number of nitrogens with two attached hydrogens (primary N) is 3. The molecule has 0 bridgehead atoms. The second-order valence-corrected chi connectivity index (χ2v) is 9.56. The van der Waals surface area contributed by atoms with Crippen molar-refractivity contribution >= 4 is 29.7 Å². The summed E-state index contributed by atoms with van der Waals surface area (Å²) in [6, 6.07) is 4.20. The predicted octanol–water partition coefficient (Wildman–Crippen LogP) is -1.42. The van der Waals surface area contributed by atoms with Crippen LogP contribution >= 0.6 is 0 Å². The number of aliphatic hydroxyl groups is 1. The average Bonchev–Trinajstić information content (AvgIpc) is 2.84. The summed E-state index contributed by atoms with van der Waals surface area (Å²) < 4.78 is 0. The van der Waals surface area contributed by atoms with Gasteiger partial charge in [0.2, 0.25) is 17.7 Å². The topological polar surface area (TPSA) is 235 Å². The first-order valence-corrected chi connectivity index (χ1v) is 12.5. The SMILES string of the molecule is CC(C)CC(NC(=O)C(Cc1ccccc1)NC(=O)C(CCCN=C(N)N)NC(=O)C(N)C(C)O)C(=O)O. The number of hydrogen-bond acceptors (Lipinski definition) is 7. The molecule has 0 saturated carbocycles. The van der Waals surface area contributed by atoms with Gasteiger partial charge in [-0.2, -0.15) is 0 Å². The predicted molar refractivity (Wildman–Crippen MR) is 143 cm³/mol. The van der Waals surface area contributed by atoms with E-state index in [1.807, 2.05) is 13.8 Å². The molecule has 0 aliphatic rings. The molecule has 0 radical (unpaired) electrons. The van der Waals surface area contributed by atoms with E-state index < -0.39 is 54.0 Å². The van der Waals surface area contributed by atoms with Crippen molar-refractivity contribution in [3.63, 3.8) is 0 Å². The lowest BCUT2D eigenvalue weighted by molar-refractivity contribution is -0.142. The third-order valence-electron chi connectivity index (χ3n) is 5.64. The Morgan fingerprint density at radius 3 is 1.97 bits per heavy atom. The standard InChI is InChI=1S/C25H41N7O6/c1-14(2)12-19(24(37)38)32-22(35)18(13-16-8-5-4-6-9-16)31-21(34)17(10-7-11-29-25(27)28)30-23(36)20(26)15(3)33/h4-6,8-9,14-15,17-20,33H,7,10-13,26H2,1-3H3,(H,30,36)(H,31,34)(H,32,35)(H,37,38)(H4,27,28,29). The van der Waals surface area contributed by atoms with Gasteiger partial charge < -0.3 is 43.4 Å². The van der Waals surface area contributed by atoms with E-state index in [2.05, 4.69) is 20.9 Å². The van der Waals surface area contributed by atoms with Crippen LogP contribution in [-0.2, 0) is 25.6 Å². The van der Waals surface area contributed by atoms with E-state index in [1.54, 1.807) is 30.3 Å². The molecule has 13 nitrogen and oxygen atoms in total. The minimum absolute atomic E-state index is 0.00139. The number of amides is 3. The molecule has 1 rings (SSSR count). The zero-order valence-electron chi connectivity index (χ0n) is 22.1. The summed E-state index contributed by atoms with van der Waals surface area (Å²) in [7, 11) is 0. The molecule has 0 aliphatic heterocycles. The van der Waals surface area contributed by atoms with Gasteiger partial charge in [-0.3, -0.25) is 19.4 Å². The van der Waals surface area contributed by atoms with Gasteiger partial charge in [0.1, 0.15) is 24.2 Å². The largest absolute Gasteiger partial charge is 0.480 e. The minimum Gasteiger partial charge on any atom is -0.480 e. The zero-order chi connectivity index (χ0) is 28.8. The molecule has 0 heterocycles. The van der Waals surface area contributed by atoms with Crippen LogP contribution in [0.2, 0.25) is 0 Å². The molecule has 11 N–H and O–H groups in total. The number of aliphatic hydroxyl groups excluding tert-OH is 1. The molecule has 0 spiro atoms. The molecule has 3 amide bonds. The van der Waals surface area contributed by atoms with Gasteiger partial charge in [-0.25, -0.2) is 4.79 Å². The quantitative estimate of drug-likeness (QED) is 0.0703. The summed E-state index contributed by atoms with van der Waals surface area (Å²) in [4.78, 5) is 54.5. The molecule has 5 atom stereocenters. The monoisotopic (exact) mass is 535 g/mol. The minimum atomic E-state index is -1.28. The molecule has 0 aliphatic carbocycles. The number of aliphatic carboxylic acids is 1. The van der Waals surface area contributed by atoms with Crippen LogP contribution in [0, 0.1) is 5.92 Å². The molecular weight excluding hydrogens is 494 g/mol. The van der Waals surface area contributed by atoms with Crippen molar-refractivity contribution in [1.29, 1.82) is 0 Å². The molecular formula is C25H41N7O6. The number of carbonyl (C=O) groups is 4. The van der Waals surface area contributed by atoms with E-state index in [9.17, 15) is 29.4 Å². The lowest BCUT2D eigenvalue weighted by Crippen LogP contribution is -2.58. The first kappa shape index (κ1) is 32.3. The Kier molecular flexibility index (Phi) is 13.8. The lowest BCUT2D eigenvalue weighted by Gasteiger charge is -2.26. The Morgan fingerprint density at radius 1 is 0.895 bits per heavy atom. The number of aliphatic imine (C=N–C) groups is 1. The second kappa shape index (κ2) is 16.2. The Balaban J connectivity index is 3.16. The van der Waals surface area contributed by atoms with Gasteiger partial charge in [0.15, 0.2) is 5.96 Å². The summed E-state index contributed by atoms with van der Waals surface area (Å²) in [6.45, 7) is 5.19.